The number of aromatic nitrogens is 2. The average molecular weight is 458 g/mol. The number of nitrogens with zero attached hydrogens (tertiary/aromatic N) is 4. The summed E-state index contributed by atoms with van der Waals surface area (Å²) in [5.41, 5.74) is 3.55. The first-order chi connectivity index (χ1) is 16.3. The maximum Gasteiger partial charge on any atom is 0.255 e. The summed E-state index contributed by atoms with van der Waals surface area (Å²) < 4.78 is 1.78. The van der Waals surface area contributed by atoms with E-state index in [4.69, 9.17) is 5.10 Å². The quantitative estimate of drug-likeness (QED) is 0.453. The molecular weight excluding hydrogens is 430 g/mol. The zero-order chi connectivity index (χ0) is 22.5. The van der Waals surface area contributed by atoms with E-state index >= 15 is 0 Å². The van der Waals surface area contributed by atoms with Crippen LogP contribution < -0.4 is 10.2 Å². The molecule has 2 aromatic heterocycles. The minimum Gasteiger partial charge on any atom is -0.369 e. The Morgan fingerprint density at radius 1 is 0.879 bits per heavy atom. The van der Waals surface area contributed by atoms with Crippen molar-refractivity contribution in [3.05, 3.63) is 89.9 Å². The molecular formula is C26H27N5OS. The van der Waals surface area contributed by atoms with Crippen LogP contribution in [0.2, 0.25) is 0 Å². The van der Waals surface area contributed by atoms with E-state index in [1.165, 1.54) is 5.69 Å². The molecule has 1 saturated heterocycles. The third-order valence-electron chi connectivity index (χ3n) is 5.94. The zero-order valence-corrected chi connectivity index (χ0v) is 19.2. The van der Waals surface area contributed by atoms with Crippen LogP contribution in [0.1, 0.15) is 10.4 Å². The Hall–Kier alpha value is -3.42. The van der Waals surface area contributed by atoms with E-state index in [1.807, 2.05) is 54.0 Å². The second-order valence-corrected chi connectivity index (χ2v) is 9.02. The molecule has 1 aliphatic rings. The van der Waals surface area contributed by atoms with Crippen LogP contribution in [0.4, 0.5) is 5.69 Å². The molecule has 7 heteroatoms. The molecule has 0 aliphatic carbocycles. The highest BCUT2D eigenvalue weighted by Crippen LogP contribution is 2.27. The molecule has 0 atom stereocenters. The summed E-state index contributed by atoms with van der Waals surface area (Å²) in [5, 5.41) is 9.85. The molecule has 1 N–H and O–H groups in total. The second kappa shape index (κ2) is 10.0. The highest BCUT2D eigenvalue weighted by atomic mass is 32.1. The summed E-state index contributed by atoms with van der Waals surface area (Å²) in [6, 6.07) is 24.4. The van der Waals surface area contributed by atoms with Gasteiger partial charge in [0.1, 0.15) is 5.69 Å². The van der Waals surface area contributed by atoms with E-state index in [1.54, 1.807) is 16.0 Å². The third-order valence-corrected chi connectivity index (χ3v) is 6.82. The number of hydrogen-bond acceptors (Lipinski definition) is 5. The SMILES string of the molecule is O=C(NCCN1CCN(c2ccccc2)CC1)c1cn(-c2ccccc2)nc1-c1cccs1. The minimum absolute atomic E-state index is 0.0801. The molecule has 1 aliphatic heterocycles. The topological polar surface area (TPSA) is 53.4 Å². The van der Waals surface area contributed by atoms with Crippen LogP contribution in [0.5, 0.6) is 0 Å². The average Bonchev–Trinajstić information content (AvgIpc) is 3.56. The molecule has 0 radical (unpaired) electrons. The molecule has 5 rings (SSSR count). The summed E-state index contributed by atoms with van der Waals surface area (Å²) >= 11 is 1.59. The van der Waals surface area contributed by atoms with E-state index in [-0.39, 0.29) is 5.91 Å². The highest BCUT2D eigenvalue weighted by Gasteiger charge is 2.20. The Kier molecular flexibility index (Phi) is 6.51. The first kappa shape index (κ1) is 21.4. The molecule has 0 spiro atoms. The molecule has 2 aromatic carbocycles. The molecule has 1 amide bonds. The smallest absolute Gasteiger partial charge is 0.255 e. The zero-order valence-electron chi connectivity index (χ0n) is 18.4. The first-order valence-corrected chi connectivity index (χ1v) is 12.2. The van der Waals surface area contributed by atoms with Crippen molar-refractivity contribution < 1.29 is 4.79 Å². The highest BCUT2D eigenvalue weighted by molar-refractivity contribution is 7.13. The van der Waals surface area contributed by atoms with Gasteiger partial charge in [-0.2, -0.15) is 5.10 Å². The van der Waals surface area contributed by atoms with Crippen molar-refractivity contribution in [3.8, 4) is 16.3 Å². The molecule has 168 valence electrons. The molecule has 0 saturated carbocycles. The molecule has 1 fully saturated rings. The van der Waals surface area contributed by atoms with Crippen LogP contribution in [0, 0.1) is 0 Å². The van der Waals surface area contributed by atoms with Gasteiger partial charge in [-0.3, -0.25) is 9.69 Å². The number of benzene rings is 2. The number of para-hydroxylation sites is 2. The van der Waals surface area contributed by atoms with Gasteiger partial charge in [-0.25, -0.2) is 4.68 Å². The number of nitrogens with one attached hydrogen (secondary N) is 1. The number of hydrogen-bond donors (Lipinski definition) is 1. The van der Waals surface area contributed by atoms with Crippen molar-refractivity contribution in [2.75, 3.05) is 44.2 Å². The predicted molar refractivity (Wildman–Crippen MR) is 134 cm³/mol. The monoisotopic (exact) mass is 457 g/mol. The standard InChI is InChI=1S/C26H27N5OS/c32-26(27-13-14-29-15-17-30(18-16-29)21-8-3-1-4-9-21)23-20-31(22-10-5-2-6-11-22)28-25(23)24-12-7-19-33-24/h1-12,19-20H,13-18H2,(H,27,32). The fraction of sp³-hybridized carbons (Fsp3) is 0.231. The van der Waals surface area contributed by atoms with Gasteiger partial charge in [-0.1, -0.05) is 42.5 Å². The largest absolute Gasteiger partial charge is 0.369 e. The van der Waals surface area contributed by atoms with E-state index in [9.17, 15) is 4.79 Å². The van der Waals surface area contributed by atoms with Gasteiger partial charge >= 0.3 is 0 Å². The van der Waals surface area contributed by atoms with Crippen molar-refractivity contribution in [2.24, 2.45) is 0 Å². The number of carbonyl (C=O) groups is 1. The normalized spacial score (nSPS) is 14.4. The molecule has 0 unspecified atom stereocenters. The third kappa shape index (κ3) is 4.99. The Balaban J connectivity index is 1.20. The Labute approximate surface area is 198 Å². The van der Waals surface area contributed by atoms with Crippen LogP contribution >= 0.6 is 11.3 Å². The summed E-state index contributed by atoms with van der Waals surface area (Å²) in [6.07, 6.45) is 1.83. The van der Waals surface area contributed by atoms with Crippen LogP contribution in [0.25, 0.3) is 16.3 Å². The number of amides is 1. The fourth-order valence-electron chi connectivity index (χ4n) is 4.14. The van der Waals surface area contributed by atoms with Gasteiger partial charge in [0.2, 0.25) is 0 Å². The van der Waals surface area contributed by atoms with Gasteiger partial charge in [0.05, 0.1) is 16.1 Å². The van der Waals surface area contributed by atoms with Gasteiger partial charge in [-0.05, 0) is 35.7 Å². The molecule has 0 bridgehead atoms. The lowest BCUT2D eigenvalue weighted by Gasteiger charge is -2.36. The maximum atomic E-state index is 13.1. The van der Waals surface area contributed by atoms with Crippen molar-refractivity contribution in [1.82, 2.24) is 20.0 Å². The van der Waals surface area contributed by atoms with Crippen molar-refractivity contribution in [1.29, 1.82) is 0 Å². The first-order valence-electron chi connectivity index (χ1n) is 11.3. The lowest BCUT2D eigenvalue weighted by molar-refractivity contribution is 0.0948. The van der Waals surface area contributed by atoms with E-state index < -0.39 is 0 Å². The van der Waals surface area contributed by atoms with Crippen molar-refractivity contribution in [2.45, 2.75) is 0 Å². The maximum absolute atomic E-state index is 13.1. The molecule has 3 heterocycles. The lowest BCUT2D eigenvalue weighted by atomic mass is 10.2. The van der Waals surface area contributed by atoms with Crippen LogP contribution in [-0.2, 0) is 0 Å². The summed E-state index contributed by atoms with van der Waals surface area (Å²) in [5.74, 6) is -0.0801. The molecule has 6 nitrogen and oxygen atoms in total. The number of thiophene rings is 1. The molecule has 4 aromatic rings. The summed E-state index contributed by atoms with van der Waals surface area (Å²) in [7, 11) is 0. The Morgan fingerprint density at radius 2 is 1.58 bits per heavy atom. The second-order valence-electron chi connectivity index (χ2n) is 8.07. The fourth-order valence-corrected chi connectivity index (χ4v) is 4.86. The van der Waals surface area contributed by atoms with Gasteiger partial charge in [0.25, 0.3) is 5.91 Å². The Morgan fingerprint density at radius 3 is 2.24 bits per heavy atom. The number of anilines is 1. The van der Waals surface area contributed by atoms with E-state index in [0.717, 1.165) is 49.0 Å². The summed E-state index contributed by atoms with van der Waals surface area (Å²) in [4.78, 5) is 18.9. The van der Waals surface area contributed by atoms with Gasteiger partial charge in [0.15, 0.2) is 0 Å². The van der Waals surface area contributed by atoms with Crippen LogP contribution in [0.3, 0.4) is 0 Å². The van der Waals surface area contributed by atoms with Crippen LogP contribution in [-0.4, -0.2) is 59.9 Å². The lowest BCUT2D eigenvalue weighted by Crippen LogP contribution is -2.48. The minimum atomic E-state index is -0.0801. The van der Waals surface area contributed by atoms with Gasteiger partial charge in [0, 0.05) is 51.2 Å². The molecule has 33 heavy (non-hydrogen) atoms. The Bertz CT molecular complexity index is 1170. The van der Waals surface area contributed by atoms with Crippen molar-refractivity contribution >= 4 is 22.9 Å². The van der Waals surface area contributed by atoms with E-state index in [2.05, 4.69) is 45.4 Å². The van der Waals surface area contributed by atoms with Crippen molar-refractivity contribution in [3.63, 3.8) is 0 Å². The van der Waals surface area contributed by atoms with Crippen LogP contribution in [0.15, 0.2) is 84.4 Å². The van der Waals surface area contributed by atoms with Gasteiger partial charge < -0.3 is 10.2 Å². The van der Waals surface area contributed by atoms with Gasteiger partial charge in [-0.15, -0.1) is 11.3 Å². The predicted octanol–water partition coefficient (Wildman–Crippen LogP) is 4.15. The van der Waals surface area contributed by atoms with E-state index in [0.29, 0.717) is 12.1 Å². The number of piperazine rings is 1. The number of rotatable bonds is 7. The number of carbonyl (C=O) groups excluding carboxylic acids is 1. The summed E-state index contributed by atoms with van der Waals surface area (Å²) in [6.45, 7) is 5.46.